The summed E-state index contributed by atoms with van der Waals surface area (Å²) in [5.41, 5.74) is 0.470. The second-order valence-corrected chi connectivity index (χ2v) is 8.79. The third kappa shape index (κ3) is 7.10. The fourth-order valence-corrected chi connectivity index (χ4v) is 4.16. The second kappa shape index (κ2) is 12.4. The zero-order valence-corrected chi connectivity index (χ0v) is 20.3. The lowest BCUT2D eigenvalue weighted by molar-refractivity contribution is 0.183. The monoisotopic (exact) mass is 500 g/mol. The number of piperidine rings is 1. The van der Waals surface area contributed by atoms with E-state index in [1.54, 1.807) is 12.1 Å². The first-order chi connectivity index (χ1) is 17.1. The van der Waals surface area contributed by atoms with E-state index in [1.807, 2.05) is 6.07 Å². The Bertz CT molecular complexity index is 1070. The number of hydrogen-bond donors (Lipinski definition) is 2. The molecule has 1 aromatic carbocycles. The van der Waals surface area contributed by atoms with Crippen molar-refractivity contribution in [1.29, 1.82) is 5.26 Å². The highest BCUT2D eigenvalue weighted by Crippen LogP contribution is 2.36. The average molecular weight is 501 g/mol. The highest BCUT2D eigenvalue weighted by Gasteiger charge is 2.17. The summed E-state index contributed by atoms with van der Waals surface area (Å²) in [5, 5.41) is 14.9. The van der Waals surface area contributed by atoms with Crippen molar-refractivity contribution < 1.29 is 19.0 Å². The number of likely N-dealkylation sites (tertiary alicyclic amines) is 1. The van der Waals surface area contributed by atoms with Crippen LogP contribution in [0.4, 0.5) is 16.3 Å². The lowest BCUT2D eigenvalue weighted by Crippen LogP contribution is -2.33. The summed E-state index contributed by atoms with van der Waals surface area (Å²) in [4.78, 5) is 23.3. The van der Waals surface area contributed by atoms with Gasteiger partial charge in [0.1, 0.15) is 24.2 Å². The van der Waals surface area contributed by atoms with Gasteiger partial charge in [0.05, 0.1) is 30.1 Å². The third-order valence-electron chi connectivity index (χ3n) is 5.77. The van der Waals surface area contributed by atoms with Gasteiger partial charge in [-0.05, 0) is 51.3 Å². The number of nitrogens with zero attached hydrogens (tertiary/aromatic N) is 4. The van der Waals surface area contributed by atoms with Gasteiger partial charge in [-0.2, -0.15) is 10.2 Å². The Balaban J connectivity index is 1.48. The zero-order chi connectivity index (χ0) is 24.5. The van der Waals surface area contributed by atoms with Crippen LogP contribution in [-0.4, -0.2) is 60.4 Å². The molecular weight excluding hydrogens is 472 g/mol. The molecule has 2 N–H and O–H groups in total. The molecule has 11 heteroatoms. The van der Waals surface area contributed by atoms with Crippen LogP contribution in [0.1, 0.15) is 44.2 Å². The van der Waals surface area contributed by atoms with Crippen LogP contribution in [-0.2, 0) is 0 Å². The molecule has 186 valence electrons. The number of nitrogens with one attached hydrogen (secondary N) is 2. The van der Waals surface area contributed by atoms with Gasteiger partial charge >= 0.3 is 6.03 Å². The average Bonchev–Trinajstić information content (AvgIpc) is 2.86. The van der Waals surface area contributed by atoms with Crippen LogP contribution in [0.3, 0.4) is 0 Å². The van der Waals surface area contributed by atoms with E-state index in [2.05, 4.69) is 25.5 Å². The minimum absolute atomic E-state index is 0.0635. The van der Waals surface area contributed by atoms with Crippen LogP contribution in [0.2, 0.25) is 5.02 Å². The van der Waals surface area contributed by atoms with Crippen LogP contribution < -0.4 is 24.8 Å². The number of rotatable bonds is 4. The van der Waals surface area contributed by atoms with Crippen molar-refractivity contribution in [1.82, 2.24) is 14.9 Å². The number of fused-ring (bicyclic) bond motifs is 3. The first-order valence-corrected chi connectivity index (χ1v) is 12.3. The standard InChI is InChI=1S/C24H29ClN6O4/c25-17-13-18-21(14-20(17)34-12-9-31-7-3-1-4-8-31)33-10-5-2-6-11-35-23-19(15-26)27-16-22(29-23)30-24(32)28-18/h13-14,16H,1-12H2,(H2,28,29,30,32). The van der Waals surface area contributed by atoms with Crippen molar-refractivity contribution in [2.45, 2.75) is 38.5 Å². The Kier molecular flexibility index (Phi) is 8.81. The lowest BCUT2D eigenvalue weighted by atomic mass is 10.1. The number of amides is 2. The molecule has 4 rings (SSSR count). The molecule has 0 unspecified atom stereocenters. The van der Waals surface area contributed by atoms with Crippen molar-refractivity contribution in [2.24, 2.45) is 0 Å². The van der Waals surface area contributed by atoms with Crippen LogP contribution in [0.5, 0.6) is 17.4 Å². The van der Waals surface area contributed by atoms with Crippen LogP contribution >= 0.6 is 11.6 Å². The Morgan fingerprint density at radius 3 is 2.66 bits per heavy atom. The summed E-state index contributed by atoms with van der Waals surface area (Å²) in [6, 6.07) is 4.71. The normalized spacial score (nSPS) is 17.2. The fourth-order valence-electron chi connectivity index (χ4n) is 3.94. The highest BCUT2D eigenvalue weighted by atomic mass is 35.5. The van der Waals surface area contributed by atoms with Crippen molar-refractivity contribution in [3.63, 3.8) is 0 Å². The van der Waals surface area contributed by atoms with E-state index in [-0.39, 0.29) is 17.4 Å². The molecule has 0 saturated carbocycles. The molecule has 0 radical (unpaired) electrons. The third-order valence-corrected chi connectivity index (χ3v) is 6.06. The molecule has 0 spiro atoms. The SMILES string of the molecule is N#Cc1ncc2nc1OCCCCCOc1cc(OCCN3CCCCC3)c(Cl)cc1NC(=O)N2. The van der Waals surface area contributed by atoms with E-state index in [0.29, 0.717) is 42.0 Å². The molecule has 3 heterocycles. The van der Waals surface area contributed by atoms with Crippen LogP contribution in [0, 0.1) is 11.3 Å². The summed E-state index contributed by atoms with van der Waals surface area (Å²) in [5.74, 6) is 1.22. The molecule has 2 amide bonds. The van der Waals surface area contributed by atoms with Crippen molar-refractivity contribution in [3.05, 3.63) is 29.0 Å². The molecule has 2 aliphatic rings. The van der Waals surface area contributed by atoms with E-state index in [0.717, 1.165) is 38.9 Å². The Hall–Kier alpha value is -3.29. The summed E-state index contributed by atoms with van der Waals surface area (Å²) in [6.07, 6.45) is 7.42. The van der Waals surface area contributed by atoms with E-state index in [4.69, 9.17) is 25.8 Å². The van der Waals surface area contributed by atoms with E-state index >= 15 is 0 Å². The number of urea groups is 1. The predicted octanol–water partition coefficient (Wildman–Crippen LogP) is 4.45. The zero-order valence-electron chi connectivity index (χ0n) is 19.5. The first kappa shape index (κ1) is 24.8. The number of carbonyl (C=O) groups excluding carboxylic acids is 1. The molecule has 0 aliphatic carbocycles. The van der Waals surface area contributed by atoms with Crippen molar-refractivity contribution >= 4 is 29.1 Å². The Labute approximate surface area is 209 Å². The highest BCUT2D eigenvalue weighted by molar-refractivity contribution is 6.32. The minimum Gasteiger partial charge on any atom is -0.491 e. The van der Waals surface area contributed by atoms with E-state index < -0.39 is 6.03 Å². The number of nitriles is 1. The van der Waals surface area contributed by atoms with Gasteiger partial charge in [-0.15, -0.1) is 0 Å². The van der Waals surface area contributed by atoms with Gasteiger partial charge in [0.25, 0.3) is 5.88 Å². The molecule has 1 fully saturated rings. The van der Waals surface area contributed by atoms with Gasteiger partial charge < -0.3 is 19.5 Å². The topological polar surface area (TPSA) is 122 Å². The fraction of sp³-hybridized carbons (Fsp3) is 0.500. The predicted molar refractivity (Wildman–Crippen MR) is 131 cm³/mol. The molecule has 2 aliphatic heterocycles. The molecule has 1 aromatic heterocycles. The quantitative estimate of drug-likeness (QED) is 0.631. The molecule has 0 atom stereocenters. The second-order valence-electron chi connectivity index (χ2n) is 8.39. The maximum Gasteiger partial charge on any atom is 0.325 e. The maximum absolute atomic E-state index is 12.7. The van der Waals surface area contributed by atoms with Crippen molar-refractivity contribution in [3.8, 4) is 23.4 Å². The number of anilines is 2. The van der Waals surface area contributed by atoms with Crippen molar-refractivity contribution in [2.75, 3.05) is 50.1 Å². The molecule has 2 aromatic rings. The number of benzene rings is 1. The molecule has 2 bridgehead atoms. The number of ether oxygens (including phenoxy) is 3. The van der Waals surface area contributed by atoms with Gasteiger partial charge in [0.2, 0.25) is 5.69 Å². The number of hydrogen-bond acceptors (Lipinski definition) is 8. The Morgan fingerprint density at radius 1 is 1.09 bits per heavy atom. The summed E-state index contributed by atoms with van der Waals surface area (Å²) in [7, 11) is 0. The van der Waals surface area contributed by atoms with Gasteiger partial charge in [-0.3, -0.25) is 10.2 Å². The Morgan fingerprint density at radius 2 is 1.86 bits per heavy atom. The molecular formula is C24H29ClN6O4. The van der Waals surface area contributed by atoms with Gasteiger partial charge in [0.15, 0.2) is 5.82 Å². The van der Waals surface area contributed by atoms with Gasteiger partial charge in [-0.25, -0.2) is 9.78 Å². The molecule has 35 heavy (non-hydrogen) atoms. The molecule has 10 nitrogen and oxygen atoms in total. The lowest BCUT2D eigenvalue weighted by Gasteiger charge is -2.26. The summed E-state index contributed by atoms with van der Waals surface area (Å²) in [6.45, 7) is 4.37. The number of carbonyl (C=O) groups is 1. The largest absolute Gasteiger partial charge is 0.491 e. The first-order valence-electron chi connectivity index (χ1n) is 11.9. The van der Waals surface area contributed by atoms with Crippen LogP contribution in [0.25, 0.3) is 0 Å². The maximum atomic E-state index is 12.7. The summed E-state index contributed by atoms with van der Waals surface area (Å²) < 4.78 is 17.6. The van der Waals surface area contributed by atoms with Gasteiger partial charge in [-0.1, -0.05) is 18.0 Å². The smallest absolute Gasteiger partial charge is 0.325 e. The number of aromatic nitrogens is 2. The van der Waals surface area contributed by atoms with Crippen LogP contribution in [0.15, 0.2) is 18.3 Å². The molecule has 1 saturated heterocycles. The summed E-state index contributed by atoms with van der Waals surface area (Å²) >= 11 is 6.48. The number of halogens is 1. The van der Waals surface area contributed by atoms with E-state index in [9.17, 15) is 10.1 Å². The minimum atomic E-state index is -0.565. The van der Waals surface area contributed by atoms with E-state index in [1.165, 1.54) is 25.5 Å². The van der Waals surface area contributed by atoms with Gasteiger partial charge in [0, 0.05) is 12.6 Å².